The van der Waals surface area contributed by atoms with Gasteiger partial charge in [-0.3, -0.25) is 14.5 Å². The van der Waals surface area contributed by atoms with Gasteiger partial charge in [0.1, 0.15) is 12.6 Å². The highest BCUT2D eigenvalue weighted by Gasteiger charge is 2.41. The van der Waals surface area contributed by atoms with Crippen LogP contribution in [0.5, 0.6) is 0 Å². The van der Waals surface area contributed by atoms with Gasteiger partial charge < -0.3 is 4.90 Å². The molecule has 1 unspecified atom stereocenters. The third kappa shape index (κ3) is 4.15. The van der Waals surface area contributed by atoms with Gasteiger partial charge in [-0.05, 0) is 78.4 Å². The van der Waals surface area contributed by atoms with Gasteiger partial charge in [-0.1, -0.05) is 55.8 Å². The van der Waals surface area contributed by atoms with Crippen molar-refractivity contribution in [2.75, 3.05) is 16.3 Å². The van der Waals surface area contributed by atoms with Crippen molar-refractivity contribution in [3.8, 4) is 0 Å². The maximum Gasteiger partial charge on any atom is 0.255 e. The van der Waals surface area contributed by atoms with Crippen LogP contribution in [0.3, 0.4) is 0 Å². The summed E-state index contributed by atoms with van der Waals surface area (Å²) in [6, 6.07) is 20.1. The SMILES string of the molecule is Cc1ccc(N2CC(=O)N(c3ccc(Cl)cc3)C(c3ccc(C(C)C)cc3)C2=O)cc1C. The zero-order chi connectivity index (χ0) is 23.0. The van der Waals surface area contributed by atoms with Gasteiger partial charge in [-0.25, -0.2) is 0 Å². The van der Waals surface area contributed by atoms with E-state index < -0.39 is 6.04 Å². The molecule has 1 fully saturated rings. The standard InChI is InChI=1S/C27H27ClN2O2/c1-17(2)20-6-8-21(9-7-20)26-27(32)29(24-12-5-18(3)19(4)15-24)16-25(31)30(26)23-13-10-22(28)11-14-23/h5-15,17,26H,16H2,1-4H3. The van der Waals surface area contributed by atoms with Crippen LogP contribution in [0.1, 0.15) is 48.1 Å². The Hall–Kier alpha value is -3.11. The summed E-state index contributed by atoms with van der Waals surface area (Å²) in [7, 11) is 0. The summed E-state index contributed by atoms with van der Waals surface area (Å²) in [4.78, 5) is 30.5. The van der Waals surface area contributed by atoms with E-state index in [1.54, 1.807) is 34.1 Å². The van der Waals surface area contributed by atoms with Crippen molar-refractivity contribution < 1.29 is 9.59 Å². The molecule has 3 aromatic rings. The molecule has 4 nitrogen and oxygen atoms in total. The van der Waals surface area contributed by atoms with Crippen molar-refractivity contribution in [3.63, 3.8) is 0 Å². The largest absolute Gasteiger partial charge is 0.301 e. The monoisotopic (exact) mass is 446 g/mol. The number of anilines is 2. The molecule has 0 bridgehead atoms. The van der Waals surface area contributed by atoms with Crippen molar-refractivity contribution in [1.82, 2.24) is 0 Å². The van der Waals surface area contributed by atoms with E-state index in [0.29, 0.717) is 16.6 Å². The molecule has 0 radical (unpaired) electrons. The number of nitrogens with zero attached hydrogens (tertiary/aromatic N) is 2. The zero-order valence-corrected chi connectivity index (χ0v) is 19.6. The summed E-state index contributed by atoms with van der Waals surface area (Å²) in [5.74, 6) is 0.121. The molecule has 164 valence electrons. The van der Waals surface area contributed by atoms with Crippen LogP contribution in [0, 0.1) is 13.8 Å². The predicted molar refractivity (Wildman–Crippen MR) is 130 cm³/mol. The number of carbonyl (C=O) groups is 2. The van der Waals surface area contributed by atoms with Crippen LogP contribution in [0.2, 0.25) is 5.02 Å². The molecule has 1 aliphatic rings. The fourth-order valence-corrected chi connectivity index (χ4v) is 4.18. The maximum atomic E-state index is 13.8. The Morgan fingerprint density at radius 1 is 0.844 bits per heavy atom. The van der Waals surface area contributed by atoms with Crippen molar-refractivity contribution in [2.24, 2.45) is 0 Å². The van der Waals surface area contributed by atoms with Crippen LogP contribution in [-0.4, -0.2) is 18.4 Å². The Bertz CT molecular complexity index is 1150. The highest BCUT2D eigenvalue weighted by molar-refractivity contribution is 6.30. The Labute approximate surface area is 194 Å². The van der Waals surface area contributed by atoms with Crippen molar-refractivity contribution in [1.29, 1.82) is 0 Å². The lowest BCUT2D eigenvalue weighted by Gasteiger charge is -2.40. The summed E-state index contributed by atoms with van der Waals surface area (Å²) in [6.07, 6.45) is 0. The van der Waals surface area contributed by atoms with Gasteiger partial charge in [0.25, 0.3) is 5.91 Å². The quantitative estimate of drug-likeness (QED) is 0.478. The molecule has 3 aromatic carbocycles. The molecular weight excluding hydrogens is 420 g/mol. The van der Waals surface area contributed by atoms with E-state index in [1.165, 1.54) is 5.56 Å². The fourth-order valence-electron chi connectivity index (χ4n) is 4.05. The molecule has 1 heterocycles. The number of hydrogen-bond donors (Lipinski definition) is 0. The summed E-state index contributed by atoms with van der Waals surface area (Å²) in [5, 5.41) is 0.583. The highest BCUT2D eigenvalue weighted by atomic mass is 35.5. The van der Waals surface area contributed by atoms with E-state index in [0.717, 1.165) is 22.4 Å². The number of carbonyl (C=O) groups excluding carboxylic acids is 2. The van der Waals surface area contributed by atoms with Crippen LogP contribution in [0.15, 0.2) is 66.7 Å². The normalized spacial score (nSPS) is 16.8. The topological polar surface area (TPSA) is 40.6 Å². The first-order valence-electron chi connectivity index (χ1n) is 10.8. The van der Waals surface area contributed by atoms with Gasteiger partial charge in [-0.15, -0.1) is 0 Å². The maximum absolute atomic E-state index is 13.8. The van der Waals surface area contributed by atoms with Crippen LogP contribution in [0.4, 0.5) is 11.4 Å². The predicted octanol–water partition coefficient (Wildman–Crippen LogP) is 6.20. The Morgan fingerprint density at radius 2 is 1.47 bits per heavy atom. The average molecular weight is 447 g/mol. The molecule has 32 heavy (non-hydrogen) atoms. The molecule has 0 N–H and O–H groups in total. The van der Waals surface area contributed by atoms with E-state index in [2.05, 4.69) is 13.8 Å². The minimum atomic E-state index is -0.750. The third-order valence-corrected chi connectivity index (χ3v) is 6.40. The summed E-state index contributed by atoms with van der Waals surface area (Å²) in [6.45, 7) is 8.29. The Morgan fingerprint density at radius 3 is 2.06 bits per heavy atom. The van der Waals surface area contributed by atoms with Gasteiger partial charge in [0.15, 0.2) is 0 Å². The van der Waals surface area contributed by atoms with Crippen molar-refractivity contribution in [2.45, 2.75) is 39.7 Å². The lowest BCUT2D eigenvalue weighted by Crippen LogP contribution is -2.56. The van der Waals surface area contributed by atoms with E-state index in [4.69, 9.17) is 11.6 Å². The highest BCUT2D eigenvalue weighted by Crippen LogP contribution is 2.36. The second-order valence-electron chi connectivity index (χ2n) is 8.66. The Balaban J connectivity index is 1.80. The van der Waals surface area contributed by atoms with Crippen molar-refractivity contribution in [3.05, 3.63) is 94.0 Å². The molecule has 0 spiro atoms. The van der Waals surface area contributed by atoms with Gasteiger partial charge >= 0.3 is 0 Å². The lowest BCUT2D eigenvalue weighted by molar-refractivity contribution is -0.128. The first-order valence-corrected chi connectivity index (χ1v) is 11.2. The number of hydrogen-bond acceptors (Lipinski definition) is 2. The molecule has 0 aliphatic carbocycles. The second kappa shape index (κ2) is 8.79. The summed E-state index contributed by atoms with van der Waals surface area (Å²) in [5.41, 5.74) is 5.61. The summed E-state index contributed by atoms with van der Waals surface area (Å²) >= 11 is 6.07. The number of halogens is 1. The minimum absolute atomic E-state index is 0.00939. The number of piperazine rings is 1. The van der Waals surface area contributed by atoms with E-state index >= 15 is 0 Å². The summed E-state index contributed by atoms with van der Waals surface area (Å²) < 4.78 is 0. The second-order valence-corrected chi connectivity index (χ2v) is 9.09. The molecule has 2 amide bonds. The van der Waals surface area contributed by atoms with E-state index in [1.807, 2.05) is 56.3 Å². The van der Waals surface area contributed by atoms with Gasteiger partial charge in [-0.2, -0.15) is 0 Å². The van der Waals surface area contributed by atoms with Crippen LogP contribution < -0.4 is 9.80 Å². The average Bonchev–Trinajstić information content (AvgIpc) is 2.77. The molecular formula is C27H27ClN2O2. The molecule has 0 saturated carbocycles. The molecule has 0 aromatic heterocycles. The fraction of sp³-hybridized carbons (Fsp3) is 0.259. The third-order valence-electron chi connectivity index (χ3n) is 6.15. The first-order chi connectivity index (χ1) is 15.3. The lowest BCUT2D eigenvalue weighted by atomic mass is 9.95. The number of aryl methyl sites for hydroxylation is 2. The number of rotatable bonds is 4. The molecule has 1 saturated heterocycles. The zero-order valence-electron chi connectivity index (χ0n) is 18.8. The number of amides is 2. The van der Waals surface area contributed by atoms with Gasteiger partial charge in [0.2, 0.25) is 5.91 Å². The minimum Gasteiger partial charge on any atom is -0.301 e. The molecule has 4 rings (SSSR count). The molecule has 1 atom stereocenters. The smallest absolute Gasteiger partial charge is 0.255 e. The van der Waals surface area contributed by atoms with Crippen LogP contribution >= 0.6 is 11.6 Å². The Kier molecular flexibility index (Phi) is 6.07. The van der Waals surface area contributed by atoms with Gasteiger partial charge in [0.05, 0.1) is 0 Å². The van der Waals surface area contributed by atoms with Crippen LogP contribution in [0.25, 0.3) is 0 Å². The molecule has 1 aliphatic heterocycles. The van der Waals surface area contributed by atoms with E-state index in [-0.39, 0.29) is 18.4 Å². The first kappa shape index (κ1) is 22.1. The number of benzene rings is 3. The van der Waals surface area contributed by atoms with Crippen molar-refractivity contribution >= 4 is 34.8 Å². The van der Waals surface area contributed by atoms with Crippen LogP contribution in [-0.2, 0) is 9.59 Å². The van der Waals surface area contributed by atoms with Gasteiger partial charge in [0, 0.05) is 16.4 Å². The molecule has 5 heteroatoms. The van der Waals surface area contributed by atoms with E-state index in [9.17, 15) is 9.59 Å².